The van der Waals surface area contributed by atoms with Gasteiger partial charge in [0.1, 0.15) is 5.82 Å². The standard InChI is InChI=1S/C14H14Br2N2/c1-3-10-7-11(15)4-5-13(10)18-14-9(2)6-12(16)8-17-14/h4-8H,3H2,1-2H3,(H,17,18). The first-order valence-electron chi connectivity index (χ1n) is 5.77. The third kappa shape index (κ3) is 3.12. The highest BCUT2D eigenvalue weighted by Crippen LogP contribution is 2.26. The van der Waals surface area contributed by atoms with Gasteiger partial charge in [-0.15, -0.1) is 0 Å². The Hall–Kier alpha value is -0.870. The maximum absolute atomic E-state index is 4.40. The number of hydrogen-bond donors (Lipinski definition) is 1. The summed E-state index contributed by atoms with van der Waals surface area (Å²) in [6.45, 7) is 4.19. The Morgan fingerprint density at radius 1 is 1.17 bits per heavy atom. The van der Waals surface area contributed by atoms with Gasteiger partial charge in [0.2, 0.25) is 0 Å². The summed E-state index contributed by atoms with van der Waals surface area (Å²) in [6, 6.07) is 8.30. The molecule has 1 aromatic heterocycles. The normalized spacial score (nSPS) is 10.4. The minimum Gasteiger partial charge on any atom is -0.340 e. The molecule has 0 saturated heterocycles. The zero-order chi connectivity index (χ0) is 13.1. The first kappa shape index (κ1) is 13.6. The number of pyridine rings is 1. The Balaban J connectivity index is 2.33. The van der Waals surface area contributed by atoms with E-state index in [1.54, 1.807) is 6.20 Å². The fourth-order valence-electron chi connectivity index (χ4n) is 1.78. The van der Waals surface area contributed by atoms with Gasteiger partial charge in [0.05, 0.1) is 0 Å². The highest BCUT2D eigenvalue weighted by Gasteiger charge is 2.05. The maximum atomic E-state index is 4.40. The lowest BCUT2D eigenvalue weighted by atomic mass is 10.1. The van der Waals surface area contributed by atoms with Crippen molar-refractivity contribution < 1.29 is 0 Å². The van der Waals surface area contributed by atoms with Gasteiger partial charge in [0.25, 0.3) is 0 Å². The van der Waals surface area contributed by atoms with Gasteiger partial charge in [-0.05, 0) is 64.7 Å². The largest absolute Gasteiger partial charge is 0.340 e. The number of hydrogen-bond acceptors (Lipinski definition) is 2. The molecular weight excluding hydrogens is 356 g/mol. The van der Waals surface area contributed by atoms with Crippen molar-refractivity contribution in [3.8, 4) is 0 Å². The van der Waals surface area contributed by atoms with E-state index in [4.69, 9.17) is 0 Å². The third-order valence-corrected chi connectivity index (χ3v) is 3.67. The zero-order valence-corrected chi connectivity index (χ0v) is 13.5. The molecule has 0 fully saturated rings. The van der Waals surface area contributed by atoms with Crippen LogP contribution in [0.3, 0.4) is 0 Å². The van der Waals surface area contributed by atoms with Crippen LogP contribution in [0.4, 0.5) is 11.5 Å². The quantitative estimate of drug-likeness (QED) is 0.801. The van der Waals surface area contributed by atoms with Crippen LogP contribution in [-0.2, 0) is 6.42 Å². The van der Waals surface area contributed by atoms with Crippen LogP contribution >= 0.6 is 31.9 Å². The molecule has 0 aliphatic carbocycles. The summed E-state index contributed by atoms with van der Waals surface area (Å²) in [5.74, 6) is 0.898. The van der Waals surface area contributed by atoms with E-state index >= 15 is 0 Å². The average molecular weight is 370 g/mol. The Morgan fingerprint density at radius 2 is 1.94 bits per heavy atom. The van der Waals surface area contributed by atoms with E-state index in [1.807, 2.05) is 13.0 Å². The molecule has 0 radical (unpaired) electrons. The van der Waals surface area contributed by atoms with Crippen molar-refractivity contribution in [2.24, 2.45) is 0 Å². The van der Waals surface area contributed by atoms with Crippen molar-refractivity contribution in [1.82, 2.24) is 4.98 Å². The minimum atomic E-state index is 0.898. The lowest BCUT2D eigenvalue weighted by molar-refractivity contribution is 1.13. The molecule has 2 rings (SSSR count). The number of aryl methyl sites for hydroxylation is 2. The van der Waals surface area contributed by atoms with Gasteiger partial charge < -0.3 is 5.32 Å². The zero-order valence-electron chi connectivity index (χ0n) is 10.3. The number of rotatable bonds is 3. The number of halogens is 2. The Bertz CT molecular complexity index is 568. The minimum absolute atomic E-state index is 0.898. The maximum Gasteiger partial charge on any atom is 0.133 e. The number of benzene rings is 1. The molecule has 0 spiro atoms. The van der Waals surface area contributed by atoms with Gasteiger partial charge in [-0.25, -0.2) is 4.98 Å². The van der Waals surface area contributed by atoms with Crippen LogP contribution in [0, 0.1) is 6.92 Å². The molecule has 1 N–H and O–H groups in total. The van der Waals surface area contributed by atoms with Crippen molar-refractivity contribution in [1.29, 1.82) is 0 Å². The summed E-state index contributed by atoms with van der Waals surface area (Å²) in [4.78, 5) is 4.40. The smallest absolute Gasteiger partial charge is 0.133 e. The topological polar surface area (TPSA) is 24.9 Å². The lowest BCUT2D eigenvalue weighted by Gasteiger charge is -2.12. The molecule has 4 heteroatoms. The Kier molecular flexibility index (Phi) is 4.40. The second-order valence-electron chi connectivity index (χ2n) is 4.10. The van der Waals surface area contributed by atoms with Crippen molar-refractivity contribution >= 4 is 43.4 Å². The predicted octanol–water partition coefficient (Wildman–Crippen LogP) is 5.22. The first-order chi connectivity index (χ1) is 8.60. The van der Waals surface area contributed by atoms with Gasteiger partial charge in [-0.1, -0.05) is 22.9 Å². The van der Waals surface area contributed by atoms with Crippen LogP contribution in [0.5, 0.6) is 0 Å². The van der Waals surface area contributed by atoms with Crippen LogP contribution in [0.25, 0.3) is 0 Å². The highest BCUT2D eigenvalue weighted by molar-refractivity contribution is 9.10. The van der Waals surface area contributed by atoms with Crippen molar-refractivity contribution in [2.45, 2.75) is 20.3 Å². The van der Waals surface area contributed by atoms with Gasteiger partial charge in [0, 0.05) is 20.8 Å². The fraction of sp³-hybridized carbons (Fsp3) is 0.214. The molecule has 1 heterocycles. The number of nitrogens with zero attached hydrogens (tertiary/aromatic N) is 1. The van der Waals surface area contributed by atoms with Crippen LogP contribution in [0.15, 0.2) is 39.4 Å². The molecule has 2 nitrogen and oxygen atoms in total. The number of anilines is 2. The Morgan fingerprint density at radius 3 is 2.61 bits per heavy atom. The van der Waals surface area contributed by atoms with Crippen molar-refractivity contribution in [3.05, 3.63) is 50.5 Å². The molecule has 0 unspecified atom stereocenters. The predicted molar refractivity (Wildman–Crippen MR) is 83.5 cm³/mol. The van der Waals surface area contributed by atoms with E-state index in [2.05, 4.69) is 67.3 Å². The molecule has 1 aromatic carbocycles. The number of nitrogens with one attached hydrogen (secondary N) is 1. The molecular formula is C14H14Br2N2. The van der Waals surface area contributed by atoms with Crippen LogP contribution in [-0.4, -0.2) is 4.98 Å². The lowest BCUT2D eigenvalue weighted by Crippen LogP contribution is -1.99. The molecule has 0 aliphatic heterocycles. The van der Waals surface area contributed by atoms with Crippen LogP contribution in [0.2, 0.25) is 0 Å². The summed E-state index contributed by atoms with van der Waals surface area (Å²) in [7, 11) is 0. The fourth-order valence-corrected chi connectivity index (χ4v) is 2.63. The van der Waals surface area contributed by atoms with Crippen LogP contribution < -0.4 is 5.32 Å². The Labute approximate surface area is 124 Å². The van der Waals surface area contributed by atoms with E-state index in [0.717, 1.165) is 32.4 Å². The second-order valence-corrected chi connectivity index (χ2v) is 5.93. The molecule has 0 atom stereocenters. The number of aromatic nitrogens is 1. The second kappa shape index (κ2) is 5.85. The highest BCUT2D eigenvalue weighted by atomic mass is 79.9. The van der Waals surface area contributed by atoms with E-state index in [0.29, 0.717) is 0 Å². The third-order valence-electron chi connectivity index (χ3n) is 2.75. The summed E-state index contributed by atoms with van der Waals surface area (Å²) >= 11 is 6.92. The summed E-state index contributed by atoms with van der Waals surface area (Å²) in [6.07, 6.45) is 2.79. The van der Waals surface area contributed by atoms with Crippen molar-refractivity contribution in [2.75, 3.05) is 5.32 Å². The van der Waals surface area contributed by atoms with E-state index < -0.39 is 0 Å². The summed E-state index contributed by atoms with van der Waals surface area (Å²) in [5, 5.41) is 3.39. The molecule has 0 bridgehead atoms. The molecule has 2 aromatic rings. The van der Waals surface area contributed by atoms with Gasteiger partial charge in [-0.2, -0.15) is 0 Å². The van der Waals surface area contributed by atoms with E-state index in [9.17, 15) is 0 Å². The van der Waals surface area contributed by atoms with Crippen molar-refractivity contribution in [3.63, 3.8) is 0 Å². The van der Waals surface area contributed by atoms with E-state index in [1.165, 1.54) is 5.56 Å². The molecule has 0 saturated carbocycles. The molecule has 94 valence electrons. The first-order valence-corrected chi connectivity index (χ1v) is 7.36. The SMILES string of the molecule is CCc1cc(Br)ccc1Nc1ncc(Br)cc1C. The summed E-state index contributed by atoms with van der Waals surface area (Å²) in [5.41, 5.74) is 3.50. The van der Waals surface area contributed by atoms with E-state index in [-0.39, 0.29) is 0 Å². The summed E-state index contributed by atoms with van der Waals surface area (Å²) < 4.78 is 2.10. The monoisotopic (exact) mass is 368 g/mol. The molecule has 18 heavy (non-hydrogen) atoms. The van der Waals surface area contributed by atoms with Gasteiger partial charge in [-0.3, -0.25) is 0 Å². The van der Waals surface area contributed by atoms with Gasteiger partial charge >= 0.3 is 0 Å². The average Bonchev–Trinajstić information content (AvgIpc) is 2.34. The molecule has 0 amide bonds. The van der Waals surface area contributed by atoms with Crippen LogP contribution in [0.1, 0.15) is 18.1 Å². The molecule has 0 aliphatic rings. The van der Waals surface area contributed by atoms with Gasteiger partial charge in [0.15, 0.2) is 0 Å².